The van der Waals surface area contributed by atoms with Gasteiger partial charge in [0.15, 0.2) is 5.15 Å². The second-order valence-electron chi connectivity index (χ2n) is 4.03. The van der Waals surface area contributed by atoms with Gasteiger partial charge in [0, 0.05) is 6.54 Å². The van der Waals surface area contributed by atoms with Crippen LogP contribution in [0, 0.1) is 0 Å². The first-order valence-corrected chi connectivity index (χ1v) is 6.95. The molecule has 1 fully saturated rings. The third-order valence-electron chi connectivity index (χ3n) is 2.81. The summed E-state index contributed by atoms with van der Waals surface area (Å²) < 4.78 is 6.22. The monoisotopic (exact) mass is 319 g/mol. The lowest BCUT2D eigenvalue weighted by molar-refractivity contribution is 0.180. The molecule has 0 aliphatic carbocycles. The van der Waals surface area contributed by atoms with Gasteiger partial charge >= 0.3 is 0 Å². The van der Waals surface area contributed by atoms with E-state index in [4.69, 9.17) is 16.3 Å². The maximum absolute atomic E-state index is 5.85. The highest BCUT2D eigenvalue weighted by atomic mass is 79.9. The fraction of sp³-hybridized carbons (Fsp3) is 0.636. The summed E-state index contributed by atoms with van der Waals surface area (Å²) in [6.07, 6.45) is 5.35. The summed E-state index contributed by atoms with van der Waals surface area (Å²) in [7, 11) is 0. The van der Waals surface area contributed by atoms with E-state index in [1.54, 1.807) is 0 Å². The summed E-state index contributed by atoms with van der Waals surface area (Å²) in [6.45, 7) is 3.92. The Hall–Kier alpha value is -0.390. The van der Waals surface area contributed by atoms with E-state index in [0.29, 0.717) is 22.1 Å². The molecule has 0 spiro atoms. The quantitative estimate of drug-likeness (QED) is 0.800. The standard InChI is InChI=1S/C11H15BrClN3O/c12-9-10(13)14-8-15-11(9)17-7-6-16-4-2-1-3-5-16/h8H,1-7H2. The minimum Gasteiger partial charge on any atom is -0.475 e. The molecule has 1 aliphatic rings. The van der Waals surface area contributed by atoms with Crippen LogP contribution in [-0.4, -0.2) is 41.1 Å². The molecule has 0 unspecified atom stereocenters. The highest BCUT2D eigenvalue weighted by Gasteiger charge is 2.11. The van der Waals surface area contributed by atoms with Gasteiger partial charge in [-0.05, 0) is 41.9 Å². The van der Waals surface area contributed by atoms with E-state index in [0.717, 1.165) is 6.54 Å². The molecule has 94 valence electrons. The van der Waals surface area contributed by atoms with Crippen molar-refractivity contribution < 1.29 is 4.74 Å². The van der Waals surface area contributed by atoms with Crippen LogP contribution in [-0.2, 0) is 0 Å². The van der Waals surface area contributed by atoms with Gasteiger partial charge in [0.2, 0.25) is 5.88 Å². The zero-order valence-corrected chi connectivity index (χ0v) is 11.9. The zero-order valence-electron chi connectivity index (χ0n) is 9.53. The van der Waals surface area contributed by atoms with E-state index in [9.17, 15) is 0 Å². The largest absolute Gasteiger partial charge is 0.475 e. The van der Waals surface area contributed by atoms with Gasteiger partial charge < -0.3 is 4.74 Å². The molecule has 4 nitrogen and oxygen atoms in total. The van der Waals surface area contributed by atoms with Crippen LogP contribution in [0.3, 0.4) is 0 Å². The van der Waals surface area contributed by atoms with Gasteiger partial charge in [0.25, 0.3) is 0 Å². The molecule has 0 saturated carbocycles. The summed E-state index contributed by atoms with van der Waals surface area (Å²) in [5.74, 6) is 0.516. The first-order valence-electron chi connectivity index (χ1n) is 5.78. The first-order chi connectivity index (χ1) is 8.27. The van der Waals surface area contributed by atoms with E-state index in [2.05, 4.69) is 30.8 Å². The molecule has 6 heteroatoms. The molecule has 1 aliphatic heterocycles. The smallest absolute Gasteiger partial charge is 0.232 e. The minimum absolute atomic E-state index is 0.382. The van der Waals surface area contributed by atoms with Crippen molar-refractivity contribution in [3.05, 3.63) is 16.0 Å². The number of nitrogens with zero attached hydrogens (tertiary/aromatic N) is 3. The SMILES string of the molecule is Clc1ncnc(OCCN2CCCCC2)c1Br. The van der Waals surface area contributed by atoms with E-state index < -0.39 is 0 Å². The zero-order chi connectivity index (χ0) is 12.1. The number of likely N-dealkylation sites (tertiary alicyclic amines) is 1. The summed E-state index contributed by atoms with van der Waals surface area (Å²) in [6, 6.07) is 0. The molecular weight excluding hydrogens is 305 g/mol. The second kappa shape index (κ2) is 6.52. The molecule has 2 rings (SSSR count). The third kappa shape index (κ3) is 3.79. The number of rotatable bonds is 4. The van der Waals surface area contributed by atoms with Gasteiger partial charge in [-0.15, -0.1) is 0 Å². The van der Waals surface area contributed by atoms with Crippen LogP contribution in [0.4, 0.5) is 0 Å². The lowest BCUT2D eigenvalue weighted by Crippen LogP contribution is -2.33. The maximum atomic E-state index is 5.85. The average Bonchev–Trinajstić information content (AvgIpc) is 2.36. The number of aromatic nitrogens is 2. The first kappa shape index (κ1) is 13.1. The molecule has 1 aromatic heterocycles. The molecule has 17 heavy (non-hydrogen) atoms. The van der Waals surface area contributed by atoms with Crippen molar-refractivity contribution in [1.29, 1.82) is 0 Å². The number of halogens is 2. The third-order valence-corrected chi connectivity index (χ3v) is 4.04. The Morgan fingerprint density at radius 3 is 2.82 bits per heavy atom. The van der Waals surface area contributed by atoms with Crippen molar-refractivity contribution in [3.8, 4) is 5.88 Å². The lowest BCUT2D eigenvalue weighted by Gasteiger charge is -2.26. The van der Waals surface area contributed by atoms with Crippen LogP contribution in [0.5, 0.6) is 5.88 Å². The summed E-state index contributed by atoms with van der Waals surface area (Å²) in [4.78, 5) is 10.3. The molecule has 0 amide bonds. The van der Waals surface area contributed by atoms with Crippen LogP contribution in [0.1, 0.15) is 19.3 Å². The molecule has 1 saturated heterocycles. The van der Waals surface area contributed by atoms with Crippen molar-refractivity contribution in [3.63, 3.8) is 0 Å². The highest BCUT2D eigenvalue weighted by Crippen LogP contribution is 2.27. The Kier molecular flexibility index (Phi) is 5.00. The molecule has 0 N–H and O–H groups in total. The molecule has 2 heterocycles. The average molecular weight is 321 g/mol. The van der Waals surface area contributed by atoms with Crippen LogP contribution in [0.15, 0.2) is 10.8 Å². The van der Waals surface area contributed by atoms with Gasteiger partial charge in [-0.1, -0.05) is 18.0 Å². The minimum atomic E-state index is 0.382. The van der Waals surface area contributed by atoms with Gasteiger partial charge in [0.1, 0.15) is 17.4 Å². The Balaban J connectivity index is 1.79. The maximum Gasteiger partial charge on any atom is 0.232 e. The van der Waals surface area contributed by atoms with E-state index in [1.807, 2.05) is 0 Å². The van der Waals surface area contributed by atoms with Crippen molar-refractivity contribution in [1.82, 2.24) is 14.9 Å². The number of hydrogen-bond acceptors (Lipinski definition) is 4. The lowest BCUT2D eigenvalue weighted by atomic mass is 10.1. The molecular formula is C11H15BrClN3O. The van der Waals surface area contributed by atoms with Crippen molar-refractivity contribution in [2.75, 3.05) is 26.2 Å². The van der Waals surface area contributed by atoms with E-state index in [-0.39, 0.29) is 0 Å². The molecule has 0 radical (unpaired) electrons. The number of hydrogen-bond donors (Lipinski definition) is 0. The van der Waals surface area contributed by atoms with Gasteiger partial charge in [-0.25, -0.2) is 9.97 Å². The van der Waals surface area contributed by atoms with Gasteiger partial charge in [-0.2, -0.15) is 0 Å². The number of ether oxygens (including phenoxy) is 1. The molecule has 0 bridgehead atoms. The van der Waals surface area contributed by atoms with Crippen molar-refractivity contribution in [2.45, 2.75) is 19.3 Å². The molecule has 0 aromatic carbocycles. The molecule has 1 aromatic rings. The number of piperidine rings is 1. The summed E-state index contributed by atoms with van der Waals surface area (Å²) in [5.41, 5.74) is 0. The predicted octanol–water partition coefficient (Wildman–Crippen LogP) is 2.76. The second-order valence-corrected chi connectivity index (χ2v) is 5.19. The van der Waals surface area contributed by atoms with Crippen LogP contribution < -0.4 is 4.74 Å². The Labute approximate surface area is 114 Å². The van der Waals surface area contributed by atoms with Crippen LogP contribution >= 0.6 is 27.5 Å². The van der Waals surface area contributed by atoms with Gasteiger partial charge in [-0.3, -0.25) is 4.90 Å². The predicted molar refractivity (Wildman–Crippen MR) is 70.5 cm³/mol. The normalized spacial score (nSPS) is 17.1. The summed E-state index contributed by atoms with van der Waals surface area (Å²) in [5, 5.41) is 0.382. The Morgan fingerprint density at radius 2 is 2.06 bits per heavy atom. The Bertz CT molecular complexity index is 372. The van der Waals surface area contributed by atoms with E-state index >= 15 is 0 Å². The van der Waals surface area contributed by atoms with E-state index in [1.165, 1.54) is 38.7 Å². The van der Waals surface area contributed by atoms with Crippen molar-refractivity contribution >= 4 is 27.5 Å². The highest BCUT2D eigenvalue weighted by molar-refractivity contribution is 9.10. The topological polar surface area (TPSA) is 38.3 Å². The fourth-order valence-electron chi connectivity index (χ4n) is 1.89. The Morgan fingerprint density at radius 1 is 1.29 bits per heavy atom. The summed E-state index contributed by atoms with van der Waals surface area (Å²) >= 11 is 9.16. The van der Waals surface area contributed by atoms with Crippen LogP contribution in [0.2, 0.25) is 5.15 Å². The fourth-order valence-corrected chi connectivity index (χ4v) is 2.33. The van der Waals surface area contributed by atoms with Gasteiger partial charge in [0.05, 0.1) is 0 Å². The molecule has 0 atom stereocenters. The van der Waals surface area contributed by atoms with Crippen molar-refractivity contribution in [2.24, 2.45) is 0 Å². The van der Waals surface area contributed by atoms with Crippen LogP contribution in [0.25, 0.3) is 0 Å².